The molecule has 0 unspecified atom stereocenters. The molecule has 0 radical (unpaired) electrons. The van der Waals surface area contributed by atoms with Crippen LogP contribution in [0.5, 0.6) is 0 Å². The molecule has 0 spiro atoms. The molecule has 2 aliphatic carbocycles. The van der Waals surface area contributed by atoms with Gasteiger partial charge in [0.15, 0.2) is 0 Å². The number of ether oxygens (including phenoxy) is 4. The van der Waals surface area contributed by atoms with E-state index in [1.54, 1.807) is 0 Å². The Morgan fingerprint density at radius 2 is 1.44 bits per heavy atom. The Bertz CT molecular complexity index is 696. The molecule has 2 aliphatic rings. The number of carbonyl (C=O) groups excluding carboxylic acids is 4. The molecule has 2 N–H and O–H groups in total. The van der Waals surface area contributed by atoms with Gasteiger partial charge >= 0.3 is 23.9 Å². The van der Waals surface area contributed by atoms with Crippen molar-refractivity contribution < 1.29 is 48.3 Å². The van der Waals surface area contributed by atoms with Crippen molar-refractivity contribution in [3.8, 4) is 0 Å². The molecule has 1 fully saturated rings. The van der Waals surface area contributed by atoms with E-state index in [0.717, 1.165) is 28.4 Å². The maximum absolute atomic E-state index is 12.5. The molecule has 5 atom stereocenters. The van der Waals surface area contributed by atoms with Crippen molar-refractivity contribution in [1.29, 1.82) is 0 Å². The van der Waals surface area contributed by atoms with Crippen molar-refractivity contribution in [2.24, 2.45) is 23.7 Å². The van der Waals surface area contributed by atoms with E-state index in [1.165, 1.54) is 0 Å². The Kier molecular flexibility index (Phi) is 5.79. The minimum absolute atomic E-state index is 0.00258. The lowest BCUT2D eigenvalue weighted by atomic mass is 9.53. The number of hydrogen-bond donors (Lipinski definition) is 2. The molecule has 10 nitrogen and oxygen atoms in total. The van der Waals surface area contributed by atoms with E-state index in [1.807, 2.05) is 0 Å². The summed E-state index contributed by atoms with van der Waals surface area (Å²) in [6, 6.07) is 0. The third-order valence-corrected chi connectivity index (χ3v) is 5.39. The highest BCUT2D eigenvalue weighted by molar-refractivity contribution is 5.95. The zero-order valence-electron chi connectivity index (χ0n) is 15.4. The molecule has 0 aromatic heterocycles. The first-order valence-corrected chi connectivity index (χ1v) is 8.17. The SMILES string of the molecule is COC(=O)C1=C(O)[C@@H](C(=O)OC)[C@]2(O)[C@@H](C(=O)OC)CC[C@H]1[C@@H]2C(=O)OC. The molecule has 2 bridgehead atoms. The van der Waals surface area contributed by atoms with Crippen LogP contribution in [-0.2, 0) is 38.1 Å². The Balaban J connectivity index is 2.82. The molecule has 0 aliphatic heterocycles. The summed E-state index contributed by atoms with van der Waals surface area (Å²) in [4.78, 5) is 49.5. The van der Waals surface area contributed by atoms with Crippen LogP contribution in [0.1, 0.15) is 12.8 Å². The average molecular weight is 386 g/mol. The molecule has 0 aromatic carbocycles. The van der Waals surface area contributed by atoms with Crippen LogP contribution in [-0.4, -0.2) is 68.1 Å². The van der Waals surface area contributed by atoms with Gasteiger partial charge in [0.05, 0.1) is 45.8 Å². The zero-order chi connectivity index (χ0) is 20.5. The number of fused-ring (bicyclic) bond motifs is 2. The van der Waals surface area contributed by atoms with Gasteiger partial charge in [-0.05, 0) is 12.8 Å². The Morgan fingerprint density at radius 3 is 1.93 bits per heavy atom. The fraction of sp³-hybridized carbons (Fsp3) is 0.647. The second kappa shape index (κ2) is 7.55. The van der Waals surface area contributed by atoms with Crippen LogP contribution in [0, 0.1) is 23.7 Å². The van der Waals surface area contributed by atoms with Crippen LogP contribution in [0.2, 0.25) is 0 Å². The molecule has 10 heteroatoms. The van der Waals surface area contributed by atoms with E-state index in [9.17, 15) is 29.4 Å². The summed E-state index contributed by atoms with van der Waals surface area (Å²) in [7, 11) is 4.24. The molecule has 150 valence electrons. The van der Waals surface area contributed by atoms with E-state index < -0.39 is 58.9 Å². The lowest BCUT2D eigenvalue weighted by molar-refractivity contribution is -0.204. The van der Waals surface area contributed by atoms with Crippen LogP contribution in [0.3, 0.4) is 0 Å². The summed E-state index contributed by atoms with van der Waals surface area (Å²) in [6.07, 6.45) is 0.0762. The molecule has 0 saturated heterocycles. The number of hydrogen-bond acceptors (Lipinski definition) is 10. The standard InChI is InChI=1S/C17H22O10/c1-24-13(19)8-6-5-7-9(14(20)25-2)12(18)11(16(22)27-4)17(8,23)10(7)15(21)26-3/h7-8,10-11,18,23H,5-6H2,1-4H3/t7-,8-,10-,11+,17+/m1/s1. The molecule has 2 rings (SSSR count). The van der Waals surface area contributed by atoms with Gasteiger partial charge in [-0.3, -0.25) is 14.4 Å². The van der Waals surface area contributed by atoms with Gasteiger partial charge in [0.25, 0.3) is 0 Å². The number of rotatable bonds is 4. The molecular formula is C17H22O10. The summed E-state index contributed by atoms with van der Waals surface area (Å²) in [5, 5.41) is 22.1. The van der Waals surface area contributed by atoms with Crippen LogP contribution < -0.4 is 0 Å². The van der Waals surface area contributed by atoms with Gasteiger partial charge in [-0.1, -0.05) is 0 Å². The highest BCUT2D eigenvalue weighted by Gasteiger charge is 2.68. The smallest absolute Gasteiger partial charge is 0.337 e. The Hall–Kier alpha value is -2.62. The van der Waals surface area contributed by atoms with Gasteiger partial charge < -0.3 is 29.2 Å². The molecule has 27 heavy (non-hydrogen) atoms. The summed E-state index contributed by atoms with van der Waals surface area (Å²) < 4.78 is 18.8. The molecule has 0 amide bonds. The first-order chi connectivity index (χ1) is 12.7. The predicted octanol–water partition coefficient (Wildman–Crippen LogP) is -0.506. The van der Waals surface area contributed by atoms with Crippen LogP contribution in [0.4, 0.5) is 0 Å². The predicted molar refractivity (Wildman–Crippen MR) is 85.9 cm³/mol. The van der Waals surface area contributed by atoms with Crippen molar-refractivity contribution in [2.45, 2.75) is 18.4 Å². The van der Waals surface area contributed by atoms with E-state index in [2.05, 4.69) is 9.47 Å². The quantitative estimate of drug-likeness (QED) is 0.478. The Labute approximate surface area is 155 Å². The average Bonchev–Trinajstić information content (AvgIpc) is 2.65. The van der Waals surface area contributed by atoms with Gasteiger partial charge in [-0.15, -0.1) is 0 Å². The first-order valence-electron chi connectivity index (χ1n) is 8.17. The van der Waals surface area contributed by atoms with Gasteiger partial charge in [-0.25, -0.2) is 4.79 Å². The number of esters is 4. The topological polar surface area (TPSA) is 146 Å². The van der Waals surface area contributed by atoms with E-state index in [0.29, 0.717) is 0 Å². The lowest BCUT2D eigenvalue weighted by Gasteiger charge is -2.52. The molecular weight excluding hydrogens is 364 g/mol. The second-order valence-electron chi connectivity index (χ2n) is 6.39. The molecule has 0 aromatic rings. The van der Waals surface area contributed by atoms with Gasteiger partial charge in [0.2, 0.25) is 0 Å². The summed E-state index contributed by atoms with van der Waals surface area (Å²) in [6.45, 7) is 0. The van der Waals surface area contributed by atoms with Gasteiger partial charge in [0, 0.05) is 5.92 Å². The minimum atomic E-state index is -2.40. The van der Waals surface area contributed by atoms with Gasteiger partial charge in [0.1, 0.15) is 17.3 Å². The zero-order valence-corrected chi connectivity index (χ0v) is 15.4. The fourth-order valence-corrected chi connectivity index (χ4v) is 4.25. The lowest BCUT2D eigenvalue weighted by Crippen LogP contribution is -2.66. The van der Waals surface area contributed by atoms with Crippen molar-refractivity contribution in [3.05, 3.63) is 11.3 Å². The fourth-order valence-electron chi connectivity index (χ4n) is 4.25. The minimum Gasteiger partial charge on any atom is -0.511 e. The summed E-state index contributed by atoms with van der Waals surface area (Å²) >= 11 is 0. The number of aliphatic hydroxyl groups is 2. The highest BCUT2D eigenvalue weighted by Crippen LogP contribution is 2.55. The summed E-state index contributed by atoms with van der Waals surface area (Å²) in [5.74, 6) is -10.4. The number of carbonyl (C=O) groups is 4. The third-order valence-electron chi connectivity index (χ3n) is 5.39. The molecule has 1 saturated carbocycles. The monoisotopic (exact) mass is 386 g/mol. The van der Waals surface area contributed by atoms with Crippen LogP contribution >= 0.6 is 0 Å². The van der Waals surface area contributed by atoms with E-state index in [-0.39, 0.29) is 18.4 Å². The third kappa shape index (κ3) is 2.93. The second-order valence-corrected chi connectivity index (χ2v) is 6.39. The van der Waals surface area contributed by atoms with Crippen LogP contribution in [0.15, 0.2) is 11.3 Å². The van der Waals surface area contributed by atoms with Crippen molar-refractivity contribution >= 4 is 23.9 Å². The number of methoxy groups -OCH3 is 4. The van der Waals surface area contributed by atoms with E-state index >= 15 is 0 Å². The van der Waals surface area contributed by atoms with Crippen molar-refractivity contribution in [3.63, 3.8) is 0 Å². The number of aliphatic hydroxyl groups excluding tert-OH is 1. The largest absolute Gasteiger partial charge is 0.511 e. The van der Waals surface area contributed by atoms with Crippen LogP contribution in [0.25, 0.3) is 0 Å². The maximum atomic E-state index is 12.5. The normalized spacial score (nSPS) is 32.3. The highest BCUT2D eigenvalue weighted by atomic mass is 16.5. The summed E-state index contributed by atoms with van der Waals surface area (Å²) in [5.41, 5.74) is -2.73. The van der Waals surface area contributed by atoms with E-state index in [4.69, 9.17) is 9.47 Å². The van der Waals surface area contributed by atoms with Crippen molar-refractivity contribution in [2.75, 3.05) is 28.4 Å². The first kappa shape index (κ1) is 20.7. The van der Waals surface area contributed by atoms with Gasteiger partial charge in [-0.2, -0.15) is 0 Å². The maximum Gasteiger partial charge on any atom is 0.337 e. The Morgan fingerprint density at radius 1 is 0.889 bits per heavy atom. The molecule has 0 heterocycles. The van der Waals surface area contributed by atoms with Crippen molar-refractivity contribution in [1.82, 2.24) is 0 Å².